The van der Waals surface area contributed by atoms with Gasteiger partial charge >= 0.3 is 0 Å². The number of non-ortho nitro benzene ring substituents is 1. The Morgan fingerprint density at radius 3 is 2.60 bits per heavy atom. The number of likely N-dealkylation sites (N-methyl/N-ethyl adjacent to an activating group) is 1. The largest absolute Gasteiger partial charge is 0.483 e. The number of nitro benzene ring substituents is 1. The number of rotatable bonds is 9. The van der Waals surface area contributed by atoms with E-state index in [0.29, 0.717) is 17.7 Å². The zero-order valence-corrected chi connectivity index (χ0v) is 17.2. The van der Waals surface area contributed by atoms with E-state index in [2.05, 4.69) is 5.32 Å². The Morgan fingerprint density at radius 1 is 1.20 bits per heavy atom. The van der Waals surface area contributed by atoms with Crippen LogP contribution in [-0.4, -0.2) is 42.3 Å². The molecule has 2 aromatic carbocycles. The number of nitro groups is 1. The first-order valence-corrected chi connectivity index (χ1v) is 9.46. The van der Waals surface area contributed by atoms with Gasteiger partial charge < -0.3 is 15.0 Å². The topological polar surface area (TPSA) is 102 Å². The number of amides is 2. The fourth-order valence-electron chi connectivity index (χ4n) is 2.70. The molecule has 2 aromatic rings. The summed E-state index contributed by atoms with van der Waals surface area (Å²) in [7, 11) is 3.31. The molecular formula is C22H25N3O5. The van der Waals surface area contributed by atoms with Crippen LogP contribution in [-0.2, 0) is 9.59 Å². The fourth-order valence-corrected chi connectivity index (χ4v) is 2.70. The van der Waals surface area contributed by atoms with Gasteiger partial charge in [-0.2, -0.15) is 0 Å². The number of nitrogens with zero attached hydrogens (tertiary/aromatic N) is 2. The van der Waals surface area contributed by atoms with Crippen molar-refractivity contribution in [2.24, 2.45) is 0 Å². The van der Waals surface area contributed by atoms with E-state index in [1.165, 1.54) is 29.2 Å². The average Bonchev–Trinajstić information content (AvgIpc) is 2.74. The predicted octanol–water partition coefficient (Wildman–Crippen LogP) is 3.34. The van der Waals surface area contributed by atoms with Gasteiger partial charge in [0.2, 0.25) is 5.91 Å². The monoisotopic (exact) mass is 411 g/mol. The quantitative estimate of drug-likeness (QED) is 0.387. The van der Waals surface area contributed by atoms with Crippen molar-refractivity contribution in [2.45, 2.75) is 19.4 Å². The van der Waals surface area contributed by atoms with Gasteiger partial charge in [-0.25, -0.2) is 0 Å². The molecule has 1 N–H and O–H groups in total. The lowest BCUT2D eigenvalue weighted by atomic mass is 10.0. The summed E-state index contributed by atoms with van der Waals surface area (Å²) in [6.07, 6.45) is 3.46. The second-order valence-corrected chi connectivity index (χ2v) is 6.77. The van der Waals surface area contributed by atoms with Gasteiger partial charge in [0.15, 0.2) is 6.61 Å². The number of nitrogens with one attached hydrogen (secondary N) is 1. The summed E-state index contributed by atoms with van der Waals surface area (Å²) in [6, 6.07) is 12.9. The second-order valence-electron chi connectivity index (χ2n) is 6.77. The number of hydrogen-bond acceptors (Lipinski definition) is 5. The van der Waals surface area contributed by atoms with Crippen molar-refractivity contribution in [2.75, 3.05) is 20.7 Å². The molecule has 30 heavy (non-hydrogen) atoms. The molecule has 0 aromatic heterocycles. The molecule has 1 unspecified atom stereocenters. The van der Waals surface area contributed by atoms with E-state index in [-0.39, 0.29) is 30.2 Å². The van der Waals surface area contributed by atoms with Crippen molar-refractivity contribution in [3.63, 3.8) is 0 Å². The molecule has 8 nitrogen and oxygen atoms in total. The summed E-state index contributed by atoms with van der Waals surface area (Å²) in [5.74, 6) is 0.0248. The van der Waals surface area contributed by atoms with Crippen molar-refractivity contribution in [1.82, 2.24) is 10.2 Å². The van der Waals surface area contributed by atoms with Gasteiger partial charge in [-0.15, -0.1) is 0 Å². The Morgan fingerprint density at radius 2 is 1.93 bits per heavy atom. The Hall–Kier alpha value is -3.68. The lowest BCUT2D eigenvalue weighted by Gasteiger charge is -2.20. The molecule has 0 saturated heterocycles. The number of para-hydroxylation sites is 1. The standard InChI is InChI=1S/C22H25N3O5/c1-4-19(18-10-5-6-11-20(18)30-15-22(27)24(2)3)23-21(26)13-12-16-8-7-9-17(14-16)25(28)29/h5-14,19H,4,15H2,1-3H3,(H,23,26)/b13-12-. The zero-order valence-electron chi connectivity index (χ0n) is 17.2. The summed E-state index contributed by atoms with van der Waals surface area (Å²) < 4.78 is 5.67. The SMILES string of the molecule is CCC(NC(=O)/C=C\c1cccc([N+](=O)[O-])c1)c1ccccc1OCC(=O)N(C)C. The van der Waals surface area contributed by atoms with Crippen molar-refractivity contribution in [1.29, 1.82) is 0 Å². The van der Waals surface area contributed by atoms with Crippen LogP contribution in [0.25, 0.3) is 6.08 Å². The van der Waals surface area contributed by atoms with Crippen LogP contribution in [0.3, 0.4) is 0 Å². The molecule has 0 radical (unpaired) electrons. The van der Waals surface area contributed by atoms with E-state index in [1.807, 2.05) is 19.1 Å². The number of ether oxygens (including phenoxy) is 1. The highest BCUT2D eigenvalue weighted by molar-refractivity contribution is 5.92. The maximum absolute atomic E-state index is 12.4. The number of carbonyl (C=O) groups is 2. The number of benzene rings is 2. The van der Waals surface area contributed by atoms with E-state index in [4.69, 9.17) is 4.74 Å². The molecule has 0 fully saturated rings. The van der Waals surface area contributed by atoms with Crippen LogP contribution in [0.15, 0.2) is 54.6 Å². The summed E-state index contributed by atoms with van der Waals surface area (Å²) in [4.78, 5) is 36.0. The van der Waals surface area contributed by atoms with Gasteiger partial charge in [0.25, 0.3) is 11.6 Å². The van der Waals surface area contributed by atoms with Gasteiger partial charge in [0.05, 0.1) is 11.0 Å². The molecule has 0 saturated carbocycles. The third-order valence-electron chi connectivity index (χ3n) is 4.38. The second kappa shape index (κ2) is 10.8. The average molecular weight is 411 g/mol. The molecule has 0 heterocycles. The minimum Gasteiger partial charge on any atom is -0.483 e. The van der Waals surface area contributed by atoms with E-state index in [1.54, 1.807) is 38.4 Å². The maximum atomic E-state index is 12.4. The van der Waals surface area contributed by atoms with Crippen molar-refractivity contribution in [3.05, 3.63) is 75.8 Å². The summed E-state index contributed by atoms with van der Waals surface area (Å²) >= 11 is 0. The first-order valence-electron chi connectivity index (χ1n) is 9.46. The van der Waals surface area contributed by atoms with Crippen molar-refractivity contribution in [3.8, 4) is 5.75 Å². The maximum Gasteiger partial charge on any atom is 0.270 e. The van der Waals surface area contributed by atoms with Crippen LogP contribution in [0.1, 0.15) is 30.5 Å². The van der Waals surface area contributed by atoms with Gasteiger partial charge in [0, 0.05) is 37.9 Å². The zero-order chi connectivity index (χ0) is 22.1. The summed E-state index contributed by atoms with van der Waals surface area (Å²) in [6.45, 7) is 1.83. The van der Waals surface area contributed by atoms with Crippen molar-refractivity contribution < 1.29 is 19.2 Å². The molecule has 0 spiro atoms. The highest BCUT2D eigenvalue weighted by atomic mass is 16.6. The molecule has 0 bridgehead atoms. The van der Waals surface area contributed by atoms with Crippen LogP contribution < -0.4 is 10.1 Å². The minimum atomic E-state index is -0.484. The summed E-state index contributed by atoms with van der Waals surface area (Å²) in [5.41, 5.74) is 1.28. The summed E-state index contributed by atoms with van der Waals surface area (Å²) in [5, 5.41) is 13.8. The van der Waals surface area contributed by atoms with Crippen LogP contribution in [0.2, 0.25) is 0 Å². The third kappa shape index (κ3) is 6.44. The molecule has 158 valence electrons. The molecule has 0 aliphatic carbocycles. The third-order valence-corrected chi connectivity index (χ3v) is 4.38. The Kier molecular flexibility index (Phi) is 8.10. The van der Waals surface area contributed by atoms with Crippen LogP contribution in [0.4, 0.5) is 5.69 Å². The lowest BCUT2D eigenvalue weighted by molar-refractivity contribution is -0.384. The highest BCUT2D eigenvalue weighted by Crippen LogP contribution is 2.27. The van der Waals surface area contributed by atoms with Crippen LogP contribution in [0.5, 0.6) is 5.75 Å². The van der Waals surface area contributed by atoms with Gasteiger partial charge in [-0.3, -0.25) is 19.7 Å². The van der Waals surface area contributed by atoms with E-state index in [0.717, 1.165) is 5.56 Å². The Balaban J connectivity index is 2.09. The Bertz CT molecular complexity index is 940. The normalized spacial score (nSPS) is 11.7. The molecule has 0 aliphatic rings. The minimum absolute atomic E-state index is 0.0395. The molecule has 1 atom stereocenters. The lowest BCUT2D eigenvalue weighted by Crippen LogP contribution is -2.29. The first kappa shape index (κ1) is 22.6. The van der Waals surface area contributed by atoms with E-state index < -0.39 is 4.92 Å². The molecule has 8 heteroatoms. The van der Waals surface area contributed by atoms with Crippen LogP contribution >= 0.6 is 0 Å². The van der Waals surface area contributed by atoms with Crippen LogP contribution in [0, 0.1) is 10.1 Å². The van der Waals surface area contributed by atoms with Gasteiger partial charge in [-0.05, 0) is 24.1 Å². The molecule has 2 amide bonds. The fraction of sp³-hybridized carbons (Fsp3) is 0.273. The van der Waals surface area contributed by atoms with Gasteiger partial charge in [0.1, 0.15) is 5.75 Å². The number of hydrogen-bond donors (Lipinski definition) is 1. The molecule has 2 rings (SSSR count). The molecular weight excluding hydrogens is 386 g/mol. The van der Waals surface area contributed by atoms with E-state index in [9.17, 15) is 19.7 Å². The smallest absolute Gasteiger partial charge is 0.270 e. The predicted molar refractivity (Wildman–Crippen MR) is 114 cm³/mol. The molecule has 0 aliphatic heterocycles. The Labute approximate surface area is 175 Å². The van der Waals surface area contributed by atoms with E-state index >= 15 is 0 Å². The van der Waals surface area contributed by atoms with Crippen molar-refractivity contribution >= 4 is 23.6 Å². The van der Waals surface area contributed by atoms with Gasteiger partial charge in [-0.1, -0.05) is 37.3 Å². The highest BCUT2D eigenvalue weighted by Gasteiger charge is 2.17. The number of carbonyl (C=O) groups excluding carboxylic acids is 2. The first-order chi connectivity index (χ1) is 14.3.